The molecule has 1 amide bonds. The van der Waals surface area contributed by atoms with Gasteiger partial charge in [-0.25, -0.2) is 8.42 Å². The van der Waals surface area contributed by atoms with Gasteiger partial charge in [0.2, 0.25) is 5.91 Å². The van der Waals surface area contributed by atoms with Crippen LogP contribution in [0.1, 0.15) is 24.1 Å². The number of rotatable bonds is 7. The molecule has 0 radical (unpaired) electrons. The summed E-state index contributed by atoms with van der Waals surface area (Å²) in [6.45, 7) is 4.15. The maximum absolute atomic E-state index is 13.5. The molecule has 0 aromatic heterocycles. The largest absolute Gasteiger partial charge is 0.486 e. The van der Waals surface area contributed by atoms with Crippen LogP contribution in [-0.4, -0.2) is 34.1 Å². The molecule has 184 valence electrons. The van der Waals surface area contributed by atoms with Crippen molar-refractivity contribution in [3.8, 4) is 11.5 Å². The van der Waals surface area contributed by atoms with Crippen molar-refractivity contribution in [2.24, 2.45) is 0 Å². The van der Waals surface area contributed by atoms with Crippen molar-refractivity contribution in [3.05, 3.63) is 81.8 Å². The summed E-state index contributed by atoms with van der Waals surface area (Å²) in [4.78, 5) is 13.1. The number of fused-ring (bicyclic) bond motifs is 1. The zero-order chi connectivity index (χ0) is 25.2. The van der Waals surface area contributed by atoms with Gasteiger partial charge in [-0.1, -0.05) is 47.0 Å². The van der Waals surface area contributed by atoms with Crippen molar-refractivity contribution in [2.45, 2.75) is 24.8 Å². The summed E-state index contributed by atoms with van der Waals surface area (Å²) in [5.74, 6) is 0.761. The number of carbonyl (C=O) groups is 1. The number of sulfonamides is 1. The molecular formula is C25H24Cl2N2O5S. The number of anilines is 1. The zero-order valence-corrected chi connectivity index (χ0v) is 21.5. The van der Waals surface area contributed by atoms with Crippen LogP contribution in [0.5, 0.6) is 11.5 Å². The Kier molecular flexibility index (Phi) is 7.44. The third-order valence-electron chi connectivity index (χ3n) is 5.53. The van der Waals surface area contributed by atoms with Crippen molar-refractivity contribution < 1.29 is 22.7 Å². The summed E-state index contributed by atoms with van der Waals surface area (Å²) in [6.07, 6.45) is 0. The third kappa shape index (κ3) is 5.66. The van der Waals surface area contributed by atoms with E-state index in [1.165, 1.54) is 30.3 Å². The Hall–Kier alpha value is -2.94. The molecule has 10 heteroatoms. The number of carbonyl (C=O) groups excluding carboxylic acids is 1. The van der Waals surface area contributed by atoms with E-state index in [1.54, 1.807) is 31.2 Å². The number of amides is 1. The van der Waals surface area contributed by atoms with Gasteiger partial charge >= 0.3 is 0 Å². The van der Waals surface area contributed by atoms with Gasteiger partial charge in [-0.05, 0) is 61.9 Å². The molecule has 0 fully saturated rings. The molecule has 1 unspecified atom stereocenters. The highest BCUT2D eigenvalue weighted by molar-refractivity contribution is 7.92. The molecule has 7 nitrogen and oxygen atoms in total. The normalized spacial score (nSPS) is 13.7. The highest BCUT2D eigenvalue weighted by atomic mass is 35.5. The first kappa shape index (κ1) is 25.2. The molecule has 0 spiro atoms. The van der Waals surface area contributed by atoms with Crippen LogP contribution in [0.3, 0.4) is 0 Å². The molecule has 1 aliphatic heterocycles. The topological polar surface area (TPSA) is 84.9 Å². The van der Waals surface area contributed by atoms with E-state index in [1.807, 2.05) is 13.0 Å². The lowest BCUT2D eigenvalue weighted by atomic mass is 10.1. The van der Waals surface area contributed by atoms with Gasteiger partial charge in [0.15, 0.2) is 11.5 Å². The third-order valence-corrected chi connectivity index (χ3v) is 8.06. The number of aryl methyl sites for hydroxylation is 1. The van der Waals surface area contributed by atoms with E-state index in [4.69, 9.17) is 32.7 Å². The minimum Gasteiger partial charge on any atom is -0.486 e. The first-order valence-electron chi connectivity index (χ1n) is 10.9. The number of hydrogen-bond donors (Lipinski definition) is 1. The van der Waals surface area contributed by atoms with Crippen LogP contribution >= 0.6 is 23.2 Å². The van der Waals surface area contributed by atoms with E-state index in [0.717, 1.165) is 15.4 Å². The SMILES string of the molecule is Cc1ccc(S(=O)(=O)N(CC(=O)NC(C)c2ccc3c(c2)OCCO3)c2ccc(Cl)c(Cl)c2)cc1. The first-order valence-corrected chi connectivity index (χ1v) is 13.1. The molecule has 1 heterocycles. The molecule has 0 saturated carbocycles. The first-order chi connectivity index (χ1) is 16.6. The van der Waals surface area contributed by atoms with Gasteiger partial charge in [-0.3, -0.25) is 9.10 Å². The molecule has 3 aromatic carbocycles. The van der Waals surface area contributed by atoms with E-state index in [9.17, 15) is 13.2 Å². The van der Waals surface area contributed by atoms with E-state index >= 15 is 0 Å². The average molecular weight is 535 g/mol. The molecule has 1 atom stereocenters. The molecule has 4 rings (SSSR count). The number of halogens is 2. The summed E-state index contributed by atoms with van der Waals surface area (Å²) in [5, 5.41) is 3.32. The van der Waals surface area contributed by atoms with E-state index in [-0.39, 0.29) is 20.6 Å². The smallest absolute Gasteiger partial charge is 0.264 e. The molecule has 1 N–H and O–H groups in total. The second-order valence-electron chi connectivity index (χ2n) is 8.12. The fourth-order valence-corrected chi connectivity index (χ4v) is 5.33. The van der Waals surface area contributed by atoms with Crippen molar-refractivity contribution in [1.82, 2.24) is 5.32 Å². The lowest BCUT2D eigenvalue weighted by Crippen LogP contribution is -2.41. The lowest BCUT2D eigenvalue weighted by Gasteiger charge is -2.26. The number of ether oxygens (including phenoxy) is 2. The minimum atomic E-state index is -4.07. The number of benzene rings is 3. The van der Waals surface area contributed by atoms with Crippen LogP contribution in [0.2, 0.25) is 10.0 Å². The van der Waals surface area contributed by atoms with Gasteiger partial charge in [-0.2, -0.15) is 0 Å². The molecule has 0 aliphatic carbocycles. The Morgan fingerprint density at radius 2 is 1.66 bits per heavy atom. The standard InChI is InChI=1S/C25H24Cl2N2O5S/c1-16-3-7-20(8-4-16)35(31,32)29(19-6-9-21(26)22(27)14-19)15-25(30)28-17(2)18-5-10-23-24(13-18)34-12-11-33-23/h3-10,13-14,17H,11-12,15H2,1-2H3,(H,28,30). The maximum Gasteiger partial charge on any atom is 0.264 e. The predicted octanol–water partition coefficient (Wildman–Crippen LogP) is 5.15. The highest BCUT2D eigenvalue weighted by Crippen LogP contribution is 2.33. The van der Waals surface area contributed by atoms with Crippen LogP contribution in [0.4, 0.5) is 5.69 Å². The minimum absolute atomic E-state index is 0.0573. The fourth-order valence-electron chi connectivity index (χ4n) is 3.62. The van der Waals surface area contributed by atoms with Gasteiger partial charge in [0.1, 0.15) is 19.8 Å². The number of nitrogens with one attached hydrogen (secondary N) is 1. The molecular weight excluding hydrogens is 511 g/mol. The Labute approximate surface area is 214 Å². The summed E-state index contributed by atoms with van der Waals surface area (Å²) < 4.78 is 39.2. The Balaban J connectivity index is 1.59. The second-order valence-corrected chi connectivity index (χ2v) is 10.8. The molecule has 35 heavy (non-hydrogen) atoms. The Morgan fingerprint density at radius 1 is 0.971 bits per heavy atom. The van der Waals surface area contributed by atoms with Crippen LogP contribution in [-0.2, 0) is 14.8 Å². The van der Waals surface area contributed by atoms with Crippen molar-refractivity contribution in [2.75, 3.05) is 24.1 Å². The van der Waals surface area contributed by atoms with Crippen molar-refractivity contribution >= 4 is 44.8 Å². The summed E-state index contributed by atoms with van der Waals surface area (Å²) >= 11 is 12.2. The van der Waals surface area contributed by atoms with Crippen LogP contribution in [0.15, 0.2) is 65.6 Å². The molecule has 0 saturated heterocycles. The van der Waals surface area contributed by atoms with Gasteiger partial charge in [0.05, 0.1) is 26.7 Å². The van der Waals surface area contributed by atoms with Crippen LogP contribution in [0, 0.1) is 6.92 Å². The van der Waals surface area contributed by atoms with Gasteiger partial charge in [-0.15, -0.1) is 0 Å². The number of hydrogen-bond acceptors (Lipinski definition) is 5. The molecule has 1 aliphatic rings. The summed E-state index contributed by atoms with van der Waals surface area (Å²) in [7, 11) is -4.07. The average Bonchev–Trinajstić information content (AvgIpc) is 2.84. The predicted molar refractivity (Wildman–Crippen MR) is 136 cm³/mol. The van der Waals surface area contributed by atoms with Crippen LogP contribution < -0.4 is 19.1 Å². The van der Waals surface area contributed by atoms with E-state index in [2.05, 4.69) is 5.32 Å². The fraction of sp³-hybridized carbons (Fsp3) is 0.240. The van der Waals surface area contributed by atoms with Gasteiger partial charge in [0.25, 0.3) is 10.0 Å². The Morgan fingerprint density at radius 3 is 2.34 bits per heavy atom. The van der Waals surface area contributed by atoms with Crippen LogP contribution in [0.25, 0.3) is 0 Å². The monoisotopic (exact) mass is 534 g/mol. The van der Waals surface area contributed by atoms with E-state index < -0.39 is 28.5 Å². The molecule has 0 bridgehead atoms. The highest BCUT2D eigenvalue weighted by Gasteiger charge is 2.28. The zero-order valence-electron chi connectivity index (χ0n) is 19.1. The van der Waals surface area contributed by atoms with Crippen molar-refractivity contribution in [3.63, 3.8) is 0 Å². The summed E-state index contributed by atoms with van der Waals surface area (Å²) in [6, 6.07) is 15.9. The van der Waals surface area contributed by atoms with Gasteiger partial charge in [0, 0.05) is 0 Å². The number of nitrogens with zero attached hydrogens (tertiary/aromatic N) is 1. The quantitative estimate of drug-likeness (QED) is 0.453. The lowest BCUT2D eigenvalue weighted by molar-refractivity contribution is -0.120. The Bertz CT molecular complexity index is 1350. The molecule has 3 aromatic rings. The maximum atomic E-state index is 13.5. The summed E-state index contributed by atoms with van der Waals surface area (Å²) in [5.41, 5.74) is 1.93. The van der Waals surface area contributed by atoms with E-state index in [0.29, 0.717) is 24.7 Å². The van der Waals surface area contributed by atoms with Gasteiger partial charge < -0.3 is 14.8 Å². The van der Waals surface area contributed by atoms with Crippen molar-refractivity contribution in [1.29, 1.82) is 0 Å². The second kappa shape index (κ2) is 10.4.